The number of halogens is 3. The van der Waals surface area contributed by atoms with Gasteiger partial charge in [0.15, 0.2) is 0 Å². The molecule has 0 radical (unpaired) electrons. The van der Waals surface area contributed by atoms with Gasteiger partial charge in [-0.15, -0.1) is 0 Å². The minimum absolute atomic E-state index is 0.138. The molecule has 2 rings (SSSR count). The Morgan fingerprint density at radius 3 is 2.37 bits per heavy atom. The van der Waals surface area contributed by atoms with E-state index in [2.05, 4.69) is 5.32 Å². The van der Waals surface area contributed by atoms with Crippen molar-refractivity contribution in [1.29, 1.82) is 0 Å². The molecule has 0 spiro atoms. The number of amides is 2. The highest BCUT2D eigenvalue weighted by Gasteiger charge is 2.28. The van der Waals surface area contributed by atoms with E-state index in [1.165, 1.54) is 0 Å². The number of nitrogens with one attached hydrogen (secondary N) is 1. The molecule has 0 aromatic heterocycles. The summed E-state index contributed by atoms with van der Waals surface area (Å²) in [5.41, 5.74) is 1.51. The van der Waals surface area contributed by atoms with E-state index in [-0.39, 0.29) is 24.8 Å². The number of benzene rings is 2. The number of nitrogens with zero attached hydrogens (tertiary/aromatic N) is 1. The van der Waals surface area contributed by atoms with Crippen LogP contribution in [-0.2, 0) is 22.6 Å². The van der Waals surface area contributed by atoms with E-state index < -0.39 is 6.04 Å². The van der Waals surface area contributed by atoms with Crippen LogP contribution in [0.3, 0.4) is 0 Å². The Morgan fingerprint density at radius 2 is 1.78 bits per heavy atom. The van der Waals surface area contributed by atoms with Crippen LogP contribution in [0.1, 0.15) is 24.5 Å². The second-order valence-corrected chi connectivity index (χ2v) is 7.38. The summed E-state index contributed by atoms with van der Waals surface area (Å²) in [7, 11) is 1.56. The zero-order chi connectivity index (χ0) is 20.0. The Bertz CT molecular complexity index is 827. The first-order chi connectivity index (χ1) is 12.8. The zero-order valence-electron chi connectivity index (χ0n) is 15.1. The molecule has 0 fully saturated rings. The molecule has 0 heterocycles. The quantitative estimate of drug-likeness (QED) is 0.693. The fourth-order valence-corrected chi connectivity index (χ4v) is 3.52. The topological polar surface area (TPSA) is 49.4 Å². The fourth-order valence-electron chi connectivity index (χ4n) is 2.84. The van der Waals surface area contributed by atoms with Gasteiger partial charge >= 0.3 is 0 Å². The van der Waals surface area contributed by atoms with Crippen molar-refractivity contribution in [2.24, 2.45) is 0 Å². The molecule has 2 aromatic carbocycles. The highest BCUT2D eigenvalue weighted by atomic mass is 35.5. The van der Waals surface area contributed by atoms with Gasteiger partial charge in [0, 0.05) is 28.7 Å². The maximum absolute atomic E-state index is 13.1. The van der Waals surface area contributed by atoms with Crippen LogP contribution in [0.15, 0.2) is 42.5 Å². The number of carbonyl (C=O) groups excluding carboxylic acids is 2. The summed E-state index contributed by atoms with van der Waals surface area (Å²) in [5, 5.41) is 4.15. The molecular formula is C20H21Cl3N2O2. The van der Waals surface area contributed by atoms with Crippen LogP contribution in [0.25, 0.3) is 0 Å². The summed E-state index contributed by atoms with van der Waals surface area (Å²) in [6.07, 6.45) is 0.616. The van der Waals surface area contributed by atoms with Gasteiger partial charge in [-0.2, -0.15) is 0 Å². The first-order valence-electron chi connectivity index (χ1n) is 8.55. The summed E-state index contributed by atoms with van der Waals surface area (Å²) < 4.78 is 0. The van der Waals surface area contributed by atoms with Gasteiger partial charge in [-0.3, -0.25) is 9.59 Å². The van der Waals surface area contributed by atoms with E-state index in [1.807, 2.05) is 13.0 Å². The Hall–Kier alpha value is -1.75. The Morgan fingerprint density at radius 1 is 1.07 bits per heavy atom. The molecule has 0 saturated carbocycles. The average Bonchev–Trinajstić information content (AvgIpc) is 2.62. The third-order valence-electron chi connectivity index (χ3n) is 4.23. The lowest BCUT2D eigenvalue weighted by Crippen LogP contribution is -2.48. The number of carbonyl (C=O) groups is 2. The van der Waals surface area contributed by atoms with Crippen molar-refractivity contribution in [3.8, 4) is 0 Å². The molecule has 2 aromatic rings. The van der Waals surface area contributed by atoms with E-state index >= 15 is 0 Å². The van der Waals surface area contributed by atoms with Gasteiger partial charge in [0.1, 0.15) is 6.04 Å². The van der Waals surface area contributed by atoms with Gasteiger partial charge in [0.2, 0.25) is 11.8 Å². The SMILES string of the molecule is CCC(C(=O)NC)N(Cc1ccc(Cl)cc1Cl)C(=O)Cc1cccc(Cl)c1. The maximum atomic E-state index is 13.1. The fraction of sp³-hybridized carbons (Fsp3) is 0.300. The monoisotopic (exact) mass is 426 g/mol. The molecule has 1 N–H and O–H groups in total. The maximum Gasteiger partial charge on any atom is 0.242 e. The number of rotatable bonds is 7. The van der Waals surface area contributed by atoms with Gasteiger partial charge in [-0.25, -0.2) is 0 Å². The van der Waals surface area contributed by atoms with Crippen molar-refractivity contribution in [3.63, 3.8) is 0 Å². The first kappa shape index (κ1) is 21.5. The molecular weight excluding hydrogens is 407 g/mol. The summed E-state index contributed by atoms with van der Waals surface area (Å²) >= 11 is 18.3. The standard InChI is InChI=1S/C20H21Cl3N2O2/c1-3-18(20(27)24-2)25(12-14-7-8-16(22)11-17(14)23)19(26)10-13-5-4-6-15(21)9-13/h4-9,11,18H,3,10,12H2,1-2H3,(H,24,27). The van der Waals surface area contributed by atoms with E-state index in [1.54, 1.807) is 48.3 Å². The van der Waals surface area contributed by atoms with Crippen LogP contribution in [0.2, 0.25) is 15.1 Å². The van der Waals surface area contributed by atoms with Gasteiger partial charge in [-0.1, -0.05) is 59.9 Å². The normalized spacial score (nSPS) is 11.7. The molecule has 144 valence electrons. The number of hydrogen-bond donors (Lipinski definition) is 1. The lowest BCUT2D eigenvalue weighted by molar-refractivity contribution is -0.140. The predicted octanol–water partition coefficient (Wildman–Crippen LogP) is 4.74. The van der Waals surface area contributed by atoms with Gasteiger partial charge in [0.05, 0.1) is 6.42 Å². The lowest BCUT2D eigenvalue weighted by atomic mass is 10.1. The Labute approximate surface area is 174 Å². The first-order valence-corrected chi connectivity index (χ1v) is 9.68. The second kappa shape index (κ2) is 9.98. The van der Waals surface area contributed by atoms with Crippen LogP contribution >= 0.6 is 34.8 Å². The smallest absolute Gasteiger partial charge is 0.242 e. The highest BCUT2D eigenvalue weighted by molar-refractivity contribution is 6.35. The summed E-state index contributed by atoms with van der Waals surface area (Å²) in [6, 6.07) is 11.6. The molecule has 1 unspecified atom stereocenters. The molecule has 0 aliphatic heterocycles. The number of likely N-dealkylation sites (N-methyl/N-ethyl adjacent to an activating group) is 1. The summed E-state index contributed by atoms with van der Waals surface area (Å²) in [4.78, 5) is 27.0. The minimum atomic E-state index is -0.603. The molecule has 0 bridgehead atoms. The van der Waals surface area contributed by atoms with Crippen molar-refractivity contribution in [3.05, 3.63) is 68.7 Å². The van der Waals surface area contributed by atoms with Crippen molar-refractivity contribution >= 4 is 46.6 Å². The summed E-state index contributed by atoms with van der Waals surface area (Å²) in [5.74, 6) is -0.402. The second-order valence-electron chi connectivity index (χ2n) is 6.10. The van der Waals surface area contributed by atoms with E-state index in [4.69, 9.17) is 34.8 Å². The van der Waals surface area contributed by atoms with Gasteiger partial charge in [0.25, 0.3) is 0 Å². The Kier molecular flexibility index (Phi) is 7.96. The van der Waals surface area contributed by atoms with E-state index in [0.29, 0.717) is 21.5 Å². The molecule has 0 aliphatic carbocycles. The van der Waals surface area contributed by atoms with Crippen LogP contribution < -0.4 is 5.32 Å². The highest BCUT2D eigenvalue weighted by Crippen LogP contribution is 2.24. The number of hydrogen-bond acceptors (Lipinski definition) is 2. The average molecular weight is 428 g/mol. The molecule has 2 amide bonds. The third-order valence-corrected chi connectivity index (χ3v) is 5.05. The third kappa shape index (κ3) is 5.86. The molecule has 1 atom stereocenters. The van der Waals surface area contributed by atoms with Crippen molar-refractivity contribution in [1.82, 2.24) is 10.2 Å². The molecule has 0 saturated heterocycles. The van der Waals surface area contributed by atoms with Crippen LogP contribution in [0.4, 0.5) is 0 Å². The van der Waals surface area contributed by atoms with Crippen LogP contribution in [-0.4, -0.2) is 29.8 Å². The van der Waals surface area contributed by atoms with Crippen molar-refractivity contribution < 1.29 is 9.59 Å². The minimum Gasteiger partial charge on any atom is -0.357 e. The van der Waals surface area contributed by atoms with E-state index in [0.717, 1.165) is 11.1 Å². The predicted molar refractivity (Wildman–Crippen MR) is 110 cm³/mol. The lowest BCUT2D eigenvalue weighted by Gasteiger charge is -2.30. The van der Waals surface area contributed by atoms with Crippen molar-refractivity contribution in [2.75, 3.05) is 7.05 Å². The molecule has 0 aliphatic rings. The molecule has 4 nitrogen and oxygen atoms in total. The van der Waals surface area contributed by atoms with E-state index in [9.17, 15) is 9.59 Å². The van der Waals surface area contributed by atoms with Crippen LogP contribution in [0, 0.1) is 0 Å². The molecule has 7 heteroatoms. The largest absolute Gasteiger partial charge is 0.357 e. The Balaban J connectivity index is 2.33. The summed E-state index contributed by atoms with van der Waals surface area (Å²) in [6.45, 7) is 2.07. The van der Waals surface area contributed by atoms with Gasteiger partial charge in [-0.05, 0) is 41.8 Å². The van der Waals surface area contributed by atoms with Gasteiger partial charge < -0.3 is 10.2 Å². The molecule has 27 heavy (non-hydrogen) atoms. The zero-order valence-corrected chi connectivity index (χ0v) is 17.4. The van der Waals surface area contributed by atoms with Crippen molar-refractivity contribution in [2.45, 2.75) is 32.4 Å². The van der Waals surface area contributed by atoms with Crippen LogP contribution in [0.5, 0.6) is 0 Å².